The normalized spacial score (nSPS) is 11.1. The molecule has 0 aliphatic carbocycles. The van der Waals surface area contributed by atoms with Crippen LogP contribution in [0.15, 0.2) is 35.1 Å². The molecule has 0 bridgehead atoms. The maximum atomic E-state index is 12.8. The summed E-state index contributed by atoms with van der Waals surface area (Å²) in [6, 6.07) is 7.69. The number of aromatic hydroxyl groups is 1. The van der Waals surface area contributed by atoms with Crippen LogP contribution in [0.25, 0.3) is 11.0 Å². The van der Waals surface area contributed by atoms with Gasteiger partial charge in [-0.2, -0.15) is 0 Å². The van der Waals surface area contributed by atoms with Crippen LogP contribution >= 0.6 is 0 Å². The number of fused-ring (bicyclic) bond motifs is 1. The molecular weight excluding hydrogens is 362 g/mol. The summed E-state index contributed by atoms with van der Waals surface area (Å²) in [6.07, 6.45) is -0.128. The summed E-state index contributed by atoms with van der Waals surface area (Å²) in [6.45, 7) is 3.76. The van der Waals surface area contributed by atoms with Crippen molar-refractivity contribution in [3.63, 3.8) is 0 Å². The molecule has 28 heavy (non-hydrogen) atoms. The van der Waals surface area contributed by atoms with Crippen LogP contribution in [0, 0.1) is 0 Å². The first-order valence-electron chi connectivity index (χ1n) is 8.77. The zero-order chi connectivity index (χ0) is 20.6. The number of hydrogen-bond acceptors (Lipinski definition) is 5. The van der Waals surface area contributed by atoms with Gasteiger partial charge in [-0.1, -0.05) is 0 Å². The number of carbonyl (C=O) groups is 1. The lowest BCUT2D eigenvalue weighted by molar-refractivity contribution is 0.102. The number of amides is 1. The summed E-state index contributed by atoms with van der Waals surface area (Å²) in [5.74, 6) is 0.274. The average Bonchev–Trinajstić information content (AvgIpc) is 2.85. The lowest BCUT2D eigenvalue weighted by Gasteiger charge is -2.16. The van der Waals surface area contributed by atoms with Crippen LogP contribution in [-0.2, 0) is 14.1 Å². The maximum Gasteiger partial charge on any atom is 0.328 e. The molecule has 0 atom stereocenters. The number of nitrogens with zero attached hydrogens (tertiary/aromatic N) is 2. The van der Waals surface area contributed by atoms with E-state index in [1.807, 2.05) is 13.8 Å². The molecule has 148 valence electrons. The van der Waals surface area contributed by atoms with E-state index < -0.39 is 5.91 Å². The summed E-state index contributed by atoms with van der Waals surface area (Å²) in [5, 5.41) is 12.4. The molecule has 3 aromatic rings. The first-order chi connectivity index (χ1) is 13.2. The van der Waals surface area contributed by atoms with E-state index in [4.69, 9.17) is 9.47 Å². The number of hydrogen-bond donors (Lipinski definition) is 2. The molecule has 0 radical (unpaired) electrons. The summed E-state index contributed by atoms with van der Waals surface area (Å²) in [7, 11) is 4.77. The number of nitrogens with one attached hydrogen (secondary N) is 1. The zero-order valence-corrected chi connectivity index (χ0v) is 16.4. The highest BCUT2D eigenvalue weighted by Crippen LogP contribution is 2.32. The van der Waals surface area contributed by atoms with Crippen LogP contribution in [0.5, 0.6) is 17.2 Å². The van der Waals surface area contributed by atoms with Gasteiger partial charge < -0.3 is 19.9 Å². The van der Waals surface area contributed by atoms with Crippen molar-refractivity contribution in [3.05, 3.63) is 46.4 Å². The summed E-state index contributed by atoms with van der Waals surface area (Å²) in [4.78, 5) is 25.1. The second kappa shape index (κ2) is 7.30. The molecule has 0 unspecified atom stereocenters. The number of carbonyl (C=O) groups excluding carboxylic acids is 1. The predicted molar refractivity (Wildman–Crippen MR) is 107 cm³/mol. The largest absolute Gasteiger partial charge is 0.508 e. The third-order valence-electron chi connectivity index (χ3n) is 4.41. The Labute approximate surface area is 161 Å². The minimum Gasteiger partial charge on any atom is -0.508 e. The third-order valence-corrected chi connectivity index (χ3v) is 4.41. The van der Waals surface area contributed by atoms with E-state index in [1.54, 1.807) is 26.2 Å². The van der Waals surface area contributed by atoms with Gasteiger partial charge in [0.1, 0.15) is 17.2 Å². The average molecular weight is 385 g/mol. The van der Waals surface area contributed by atoms with Gasteiger partial charge >= 0.3 is 5.69 Å². The van der Waals surface area contributed by atoms with E-state index in [9.17, 15) is 14.7 Å². The molecule has 1 amide bonds. The molecule has 2 N–H and O–H groups in total. The zero-order valence-electron chi connectivity index (χ0n) is 16.4. The highest BCUT2D eigenvalue weighted by atomic mass is 16.5. The minimum atomic E-state index is -0.425. The number of phenolic OH excluding ortho intramolecular Hbond substituents is 1. The van der Waals surface area contributed by atoms with Gasteiger partial charge in [0.2, 0.25) is 0 Å². The fourth-order valence-corrected chi connectivity index (χ4v) is 3.03. The molecule has 1 aromatic heterocycles. The van der Waals surface area contributed by atoms with Gasteiger partial charge in [0.15, 0.2) is 0 Å². The van der Waals surface area contributed by atoms with Gasteiger partial charge in [-0.05, 0) is 32.0 Å². The fourth-order valence-electron chi connectivity index (χ4n) is 3.03. The van der Waals surface area contributed by atoms with Crippen molar-refractivity contribution in [1.29, 1.82) is 0 Å². The van der Waals surface area contributed by atoms with Gasteiger partial charge in [0, 0.05) is 26.2 Å². The molecule has 2 aromatic carbocycles. The van der Waals surface area contributed by atoms with Crippen molar-refractivity contribution in [2.24, 2.45) is 14.1 Å². The Hall–Kier alpha value is -3.42. The highest BCUT2D eigenvalue weighted by molar-refractivity contribution is 6.07. The molecule has 0 saturated heterocycles. The number of anilines is 1. The van der Waals surface area contributed by atoms with Crippen molar-refractivity contribution in [1.82, 2.24) is 9.13 Å². The van der Waals surface area contributed by atoms with Gasteiger partial charge in [0.25, 0.3) is 5.91 Å². The van der Waals surface area contributed by atoms with E-state index in [0.717, 1.165) is 0 Å². The quantitative estimate of drug-likeness (QED) is 0.704. The third kappa shape index (κ3) is 3.40. The van der Waals surface area contributed by atoms with E-state index >= 15 is 0 Å². The monoisotopic (exact) mass is 385 g/mol. The molecule has 0 saturated carbocycles. The van der Waals surface area contributed by atoms with Gasteiger partial charge in [-0.15, -0.1) is 0 Å². The summed E-state index contributed by atoms with van der Waals surface area (Å²) < 4.78 is 14.1. The molecule has 0 aliphatic heterocycles. The van der Waals surface area contributed by atoms with Crippen LogP contribution < -0.4 is 20.5 Å². The van der Waals surface area contributed by atoms with Crippen LogP contribution in [-0.4, -0.2) is 33.4 Å². The van der Waals surface area contributed by atoms with Gasteiger partial charge in [0.05, 0.1) is 35.5 Å². The maximum absolute atomic E-state index is 12.8. The van der Waals surface area contributed by atoms with E-state index in [2.05, 4.69) is 5.32 Å². The van der Waals surface area contributed by atoms with Crippen LogP contribution in [0.4, 0.5) is 5.69 Å². The lowest BCUT2D eigenvalue weighted by Crippen LogP contribution is -2.19. The van der Waals surface area contributed by atoms with E-state index in [1.165, 1.54) is 34.4 Å². The highest BCUT2D eigenvalue weighted by Gasteiger charge is 2.19. The lowest BCUT2D eigenvalue weighted by atomic mass is 10.1. The molecule has 0 aliphatic rings. The first-order valence-corrected chi connectivity index (χ1v) is 8.77. The Morgan fingerprint density at radius 3 is 2.32 bits per heavy atom. The standard InChI is InChI=1S/C20H23N3O5/c1-11(2)28-18-10-16-15(22(3)20(26)23(16)4)9-14(18)21-19(25)13-7-6-12(24)8-17(13)27-5/h6-11,24H,1-5H3,(H,21,25). The summed E-state index contributed by atoms with van der Waals surface area (Å²) in [5.41, 5.74) is 1.88. The number of methoxy groups -OCH3 is 1. The SMILES string of the molecule is COc1cc(O)ccc1C(=O)Nc1cc2c(cc1OC(C)C)n(C)c(=O)n2C. The predicted octanol–water partition coefficient (Wildman–Crippen LogP) is 2.63. The number of aromatic nitrogens is 2. The van der Waals surface area contributed by atoms with Crippen molar-refractivity contribution in [2.45, 2.75) is 20.0 Å². The number of imidazole rings is 1. The van der Waals surface area contributed by atoms with Crippen LogP contribution in [0.2, 0.25) is 0 Å². The smallest absolute Gasteiger partial charge is 0.328 e. The molecular formula is C20H23N3O5. The van der Waals surface area contributed by atoms with Crippen molar-refractivity contribution < 1.29 is 19.4 Å². The molecule has 0 fully saturated rings. The van der Waals surface area contributed by atoms with Crippen molar-refractivity contribution >= 4 is 22.6 Å². The molecule has 8 heteroatoms. The van der Waals surface area contributed by atoms with Crippen molar-refractivity contribution in [3.8, 4) is 17.2 Å². The molecule has 3 rings (SSSR count). The second-order valence-corrected chi connectivity index (χ2v) is 6.74. The van der Waals surface area contributed by atoms with Gasteiger partial charge in [-0.3, -0.25) is 13.9 Å². The minimum absolute atomic E-state index is 0.00191. The van der Waals surface area contributed by atoms with E-state index in [-0.39, 0.29) is 28.9 Å². The Balaban J connectivity index is 2.09. The van der Waals surface area contributed by atoms with Crippen LogP contribution in [0.1, 0.15) is 24.2 Å². The number of rotatable bonds is 5. The van der Waals surface area contributed by atoms with E-state index in [0.29, 0.717) is 22.5 Å². The molecule has 1 heterocycles. The van der Waals surface area contributed by atoms with Crippen molar-refractivity contribution in [2.75, 3.05) is 12.4 Å². The number of phenols is 1. The number of ether oxygens (including phenoxy) is 2. The fraction of sp³-hybridized carbons (Fsp3) is 0.300. The Morgan fingerprint density at radius 1 is 1.07 bits per heavy atom. The molecule has 8 nitrogen and oxygen atoms in total. The van der Waals surface area contributed by atoms with Crippen LogP contribution in [0.3, 0.4) is 0 Å². The Kier molecular flexibility index (Phi) is 5.04. The number of benzene rings is 2. The Morgan fingerprint density at radius 2 is 1.71 bits per heavy atom. The summed E-state index contributed by atoms with van der Waals surface area (Å²) >= 11 is 0. The Bertz CT molecular complexity index is 1110. The first kappa shape index (κ1) is 19.3. The number of aryl methyl sites for hydroxylation is 2. The topological polar surface area (TPSA) is 94.7 Å². The second-order valence-electron chi connectivity index (χ2n) is 6.74. The molecule has 0 spiro atoms. The van der Waals surface area contributed by atoms with Gasteiger partial charge in [-0.25, -0.2) is 4.79 Å².